The molecule has 0 aliphatic rings. The highest BCUT2D eigenvalue weighted by Gasteiger charge is 2.25. The number of methoxy groups -OCH3 is 1. The van der Waals surface area contributed by atoms with Gasteiger partial charge in [-0.2, -0.15) is 4.39 Å². The van der Waals surface area contributed by atoms with Crippen molar-refractivity contribution in [3.05, 3.63) is 26.5 Å². The van der Waals surface area contributed by atoms with Gasteiger partial charge in [0.15, 0.2) is 11.5 Å². The van der Waals surface area contributed by atoms with Crippen LogP contribution in [0, 0.1) is 15.9 Å². The number of nitro groups is 1. The molecule has 0 unspecified atom stereocenters. The Balaban J connectivity index is 3.46. The molecule has 0 N–H and O–H groups in total. The minimum atomic E-state index is -1.09. The number of ether oxygens (including phenoxy) is 2. The maximum absolute atomic E-state index is 13.5. The first-order chi connectivity index (χ1) is 7.88. The van der Waals surface area contributed by atoms with Gasteiger partial charge in [-0.3, -0.25) is 14.9 Å². The van der Waals surface area contributed by atoms with E-state index in [1.54, 1.807) is 0 Å². The maximum atomic E-state index is 13.5. The number of esters is 1. The summed E-state index contributed by atoms with van der Waals surface area (Å²) < 4.78 is 22.7. The molecule has 6 nitrogen and oxygen atoms in total. The molecule has 0 bridgehead atoms. The molecule has 0 aliphatic heterocycles. The molecule has 0 spiro atoms. The van der Waals surface area contributed by atoms with Crippen LogP contribution in [0.5, 0.6) is 11.5 Å². The Bertz CT molecular complexity index is 491. The molecule has 1 aromatic carbocycles. The molecule has 0 fully saturated rings. The third kappa shape index (κ3) is 2.70. The summed E-state index contributed by atoms with van der Waals surface area (Å²) in [5.74, 6) is -2.14. The second-order valence-corrected chi connectivity index (χ2v) is 3.70. The second kappa shape index (κ2) is 5.09. The number of rotatable bonds is 3. The molecular formula is C9H7BrFNO5. The van der Waals surface area contributed by atoms with Crippen LogP contribution >= 0.6 is 15.9 Å². The van der Waals surface area contributed by atoms with Crippen molar-refractivity contribution in [3.8, 4) is 11.5 Å². The van der Waals surface area contributed by atoms with Crippen LogP contribution in [0.1, 0.15) is 6.92 Å². The fraction of sp³-hybridized carbons (Fsp3) is 0.222. The summed E-state index contributed by atoms with van der Waals surface area (Å²) >= 11 is 2.80. The van der Waals surface area contributed by atoms with Gasteiger partial charge in [-0.25, -0.2) is 0 Å². The highest BCUT2D eigenvalue weighted by molar-refractivity contribution is 9.10. The Hall–Kier alpha value is -1.70. The Kier molecular flexibility index (Phi) is 4.00. The number of carbonyl (C=O) groups excluding carboxylic acids is 1. The first kappa shape index (κ1) is 13.4. The van der Waals surface area contributed by atoms with Crippen LogP contribution < -0.4 is 9.47 Å². The minimum Gasteiger partial charge on any atom is -0.492 e. The van der Waals surface area contributed by atoms with E-state index < -0.39 is 22.4 Å². The fourth-order valence-corrected chi connectivity index (χ4v) is 1.69. The summed E-state index contributed by atoms with van der Waals surface area (Å²) in [5.41, 5.74) is -0.811. The SMILES string of the molecule is COc1c(OC(C)=O)cc([N+](=O)[O-])c(F)c1Br. The number of carbonyl (C=O) groups is 1. The van der Waals surface area contributed by atoms with Crippen LogP contribution in [0.2, 0.25) is 0 Å². The van der Waals surface area contributed by atoms with Gasteiger partial charge in [0, 0.05) is 6.92 Å². The van der Waals surface area contributed by atoms with Crippen LogP contribution in [0.25, 0.3) is 0 Å². The van der Waals surface area contributed by atoms with Gasteiger partial charge < -0.3 is 9.47 Å². The zero-order valence-corrected chi connectivity index (χ0v) is 10.4. The van der Waals surface area contributed by atoms with Crippen molar-refractivity contribution in [1.29, 1.82) is 0 Å². The number of halogens is 2. The zero-order chi connectivity index (χ0) is 13.2. The van der Waals surface area contributed by atoms with Gasteiger partial charge in [-0.05, 0) is 15.9 Å². The number of nitro benzene ring substituents is 1. The van der Waals surface area contributed by atoms with E-state index in [-0.39, 0.29) is 16.0 Å². The number of hydrogen-bond donors (Lipinski definition) is 0. The van der Waals surface area contributed by atoms with Crippen molar-refractivity contribution in [2.75, 3.05) is 7.11 Å². The molecule has 0 saturated carbocycles. The van der Waals surface area contributed by atoms with Gasteiger partial charge in [0.1, 0.15) is 4.47 Å². The third-order valence-corrected chi connectivity index (χ3v) is 2.47. The van der Waals surface area contributed by atoms with Crippen molar-refractivity contribution in [2.24, 2.45) is 0 Å². The van der Waals surface area contributed by atoms with E-state index >= 15 is 0 Å². The topological polar surface area (TPSA) is 78.7 Å². The normalized spacial score (nSPS) is 9.88. The van der Waals surface area contributed by atoms with Crippen LogP contribution in [0.4, 0.5) is 10.1 Å². The molecule has 0 saturated heterocycles. The van der Waals surface area contributed by atoms with Gasteiger partial charge in [-0.1, -0.05) is 0 Å². The fourth-order valence-electron chi connectivity index (χ4n) is 1.13. The average molecular weight is 308 g/mol. The smallest absolute Gasteiger partial charge is 0.309 e. The average Bonchev–Trinajstić information content (AvgIpc) is 2.22. The van der Waals surface area contributed by atoms with Gasteiger partial charge in [0.05, 0.1) is 18.1 Å². The molecule has 1 rings (SSSR count). The highest BCUT2D eigenvalue weighted by atomic mass is 79.9. The van der Waals surface area contributed by atoms with Gasteiger partial charge in [0.25, 0.3) is 0 Å². The maximum Gasteiger partial charge on any atom is 0.309 e. The monoisotopic (exact) mass is 307 g/mol. The molecular weight excluding hydrogens is 301 g/mol. The van der Waals surface area contributed by atoms with E-state index in [0.717, 1.165) is 13.0 Å². The third-order valence-electron chi connectivity index (χ3n) is 1.76. The molecule has 0 atom stereocenters. The Morgan fingerprint density at radius 1 is 1.59 bits per heavy atom. The van der Waals surface area contributed by atoms with Gasteiger partial charge >= 0.3 is 11.7 Å². The van der Waals surface area contributed by atoms with E-state index in [0.29, 0.717) is 0 Å². The van der Waals surface area contributed by atoms with Crippen molar-refractivity contribution in [1.82, 2.24) is 0 Å². The zero-order valence-electron chi connectivity index (χ0n) is 8.82. The lowest BCUT2D eigenvalue weighted by Gasteiger charge is -2.10. The molecule has 92 valence electrons. The van der Waals surface area contributed by atoms with Crippen molar-refractivity contribution in [2.45, 2.75) is 6.92 Å². The second-order valence-electron chi connectivity index (χ2n) is 2.91. The van der Waals surface area contributed by atoms with E-state index in [9.17, 15) is 19.3 Å². The molecule has 8 heteroatoms. The quantitative estimate of drug-likeness (QED) is 0.371. The first-order valence-electron chi connectivity index (χ1n) is 4.27. The predicted octanol–water partition coefficient (Wildman–Crippen LogP) is 2.43. The van der Waals surface area contributed by atoms with Gasteiger partial charge in [-0.15, -0.1) is 0 Å². The summed E-state index contributed by atoms with van der Waals surface area (Å²) in [6.45, 7) is 1.11. The lowest BCUT2D eigenvalue weighted by atomic mass is 10.2. The number of nitrogens with zero attached hydrogens (tertiary/aromatic N) is 1. The summed E-state index contributed by atoms with van der Waals surface area (Å²) in [4.78, 5) is 20.5. The predicted molar refractivity (Wildman–Crippen MR) is 58.6 cm³/mol. The minimum absolute atomic E-state index is 0.122. The van der Waals surface area contributed by atoms with Crippen LogP contribution in [-0.2, 0) is 4.79 Å². The largest absolute Gasteiger partial charge is 0.492 e. The summed E-state index contributed by atoms with van der Waals surface area (Å²) in [6.07, 6.45) is 0. The van der Waals surface area contributed by atoms with E-state index in [1.165, 1.54) is 7.11 Å². The summed E-state index contributed by atoms with van der Waals surface area (Å²) in [5, 5.41) is 10.6. The van der Waals surface area contributed by atoms with Gasteiger partial charge in [0.2, 0.25) is 5.82 Å². The van der Waals surface area contributed by atoms with Crippen molar-refractivity contribution >= 4 is 27.6 Å². The van der Waals surface area contributed by atoms with E-state index in [1.807, 2.05) is 0 Å². The van der Waals surface area contributed by atoms with Crippen LogP contribution in [0.15, 0.2) is 10.5 Å². The molecule has 0 aliphatic carbocycles. The lowest BCUT2D eigenvalue weighted by Crippen LogP contribution is -2.05. The number of hydrogen-bond acceptors (Lipinski definition) is 5. The first-order valence-corrected chi connectivity index (χ1v) is 5.06. The molecule has 1 aromatic rings. The standard InChI is InChI=1S/C9H7BrFNO5/c1-4(13)17-6-3-5(12(14)15)8(11)7(10)9(6)16-2/h3H,1-2H3. The number of benzene rings is 1. The van der Waals surface area contributed by atoms with Crippen LogP contribution in [-0.4, -0.2) is 18.0 Å². The van der Waals surface area contributed by atoms with E-state index in [2.05, 4.69) is 15.9 Å². The molecule has 17 heavy (non-hydrogen) atoms. The van der Waals surface area contributed by atoms with Crippen LogP contribution in [0.3, 0.4) is 0 Å². The molecule has 0 amide bonds. The van der Waals surface area contributed by atoms with E-state index in [4.69, 9.17) is 9.47 Å². The Morgan fingerprint density at radius 2 is 2.18 bits per heavy atom. The Morgan fingerprint density at radius 3 is 2.59 bits per heavy atom. The molecule has 0 radical (unpaired) electrons. The summed E-state index contributed by atoms with van der Waals surface area (Å²) in [6, 6.07) is 0.792. The van der Waals surface area contributed by atoms with Crippen molar-refractivity contribution < 1.29 is 23.6 Å². The highest BCUT2D eigenvalue weighted by Crippen LogP contribution is 2.41. The molecule has 0 aromatic heterocycles. The van der Waals surface area contributed by atoms with Crippen molar-refractivity contribution in [3.63, 3.8) is 0 Å². The summed E-state index contributed by atoms with van der Waals surface area (Å²) in [7, 11) is 1.22. The Labute approximate surface area is 104 Å². The molecule has 0 heterocycles. The lowest BCUT2D eigenvalue weighted by molar-refractivity contribution is -0.387.